The molecule has 1 aliphatic heterocycles. The lowest BCUT2D eigenvalue weighted by Gasteiger charge is -2.31. The van der Waals surface area contributed by atoms with Crippen LogP contribution in [-0.4, -0.2) is 64.9 Å². The summed E-state index contributed by atoms with van der Waals surface area (Å²) in [4.78, 5) is 50.9. The number of esters is 1. The molecule has 1 fully saturated rings. The number of fused-ring (bicyclic) bond motifs is 2. The first-order valence-electron chi connectivity index (χ1n) is 20.8. The van der Waals surface area contributed by atoms with E-state index in [1.165, 1.54) is 36.7 Å². The summed E-state index contributed by atoms with van der Waals surface area (Å²) in [5, 5.41) is 7.83. The Bertz CT molecular complexity index is 2480. The van der Waals surface area contributed by atoms with Crippen molar-refractivity contribution >= 4 is 60.3 Å². The highest BCUT2D eigenvalue weighted by molar-refractivity contribution is 7.90. The molecule has 0 unspecified atom stereocenters. The number of amides is 2. The number of aromatic nitrogens is 4. The number of carbonyl (C=O) groups excluding carboxylic acids is 3. The van der Waals surface area contributed by atoms with Gasteiger partial charge in [-0.1, -0.05) is 69.1 Å². The number of para-hydroxylation sites is 1. The second-order valence-corrected chi connectivity index (χ2v) is 19.1. The molecule has 5 aromatic rings. The van der Waals surface area contributed by atoms with Gasteiger partial charge in [-0.3, -0.25) is 24.4 Å². The number of nitrogens with zero attached hydrogens (tertiary/aromatic N) is 5. The molecule has 2 N–H and O–H groups in total. The Hall–Kier alpha value is -5.22. The lowest BCUT2D eigenvalue weighted by molar-refractivity contribution is -0.144. The minimum Gasteiger partial charge on any atom is -0.465 e. The van der Waals surface area contributed by atoms with Crippen LogP contribution in [0.5, 0.6) is 0 Å². The largest absolute Gasteiger partial charge is 0.465 e. The summed E-state index contributed by atoms with van der Waals surface area (Å²) in [6.07, 6.45) is 9.63. The number of anilines is 2. The number of thiazole rings is 1. The summed E-state index contributed by atoms with van der Waals surface area (Å²) in [6, 6.07) is 13.8. The number of carbonyl (C=O) groups is 3. The van der Waals surface area contributed by atoms with Crippen molar-refractivity contribution < 1.29 is 31.9 Å². The molecule has 318 valence electrons. The number of ether oxygens (including phenoxy) is 1. The summed E-state index contributed by atoms with van der Waals surface area (Å²) in [5.74, 6) is -1.11. The van der Waals surface area contributed by atoms with E-state index >= 15 is 0 Å². The minimum atomic E-state index is -4.06. The summed E-state index contributed by atoms with van der Waals surface area (Å²) in [5.41, 5.74) is 4.36. The quantitative estimate of drug-likeness (QED) is 0.0730. The molecule has 16 heteroatoms. The first-order chi connectivity index (χ1) is 28.8. The van der Waals surface area contributed by atoms with Crippen molar-refractivity contribution in [3.8, 4) is 11.1 Å². The lowest BCUT2D eigenvalue weighted by Crippen LogP contribution is -2.35. The SMILES string of the molecule is Cc1c(-c2ccc(N3CCc4cccc(C(=O)Nc5nc6c(F)cccc6s5)c4C3)nc2C(=O)NS(=O)(=O)CCCCCC(=O)OCC(C)C)cnn1CC1CCCCC1. The molecule has 1 aliphatic carbocycles. The van der Waals surface area contributed by atoms with Gasteiger partial charge in [-0.05, 0) is 92.3 Å². The molecule has 7 rings (SSSR count). The molecule has 2 amide bonds. The maximum absolute atomic E-state index is 14.4. The maximum atomic E-state index is 14.4. The minimum absolute atomic E-state index is 0.0517. The molecular weight excluding hydrogens is 806 g/mol. The standard InChI is InChI=1S/C44H52FN7O6S2/c1-28(2)27-58-39(53)18-8-5-9-23-60(56,57)50-43(55)40-32(34-24-46-52(29(34)3)25-30-12-6-4-7-13-30)19-20-38(47-40)51-22-21-31-14-10-15-33(35(31)26-51)42(54)49-44-48-41-36(45)16-11-17-37(41)59-44/h10-11,14-17,19-20,24,28,30H,4-9,12-13,18,21-23,25-27H2,1-3H3,(H,50,55)(H,48,49,54). The third-order valence-corrected chi connectivity index (χ3v) is 13.5. The summed E-state index contributed by atoms with van der Waals surface area (Å²) < 4.78 is 51.1. The van der Waals surface area contributed by atoms with Gasteiger partial charge in [-0.2, -0.15) is 5.10 Å². The Balaban J connectivity index is 1.11. The number of sulfonamides is 1. The van der Waals surface area contributed by atoms with Gasteiger partial charge in [0.2, 0.25) is 10.0 Å². The first-order valence-corrected chi connectivity index (χ1v) is 23.3. The summed E-state index contributed by atoms with van der Waals surface area (Å²) in [7, 11) is -4.06. The van der Waals surface area contributed by atoms with Crippen LogP contribution in [0.25, 0.3) is 21.3 Å². The van der Waals surface area contributed by atoms with Crippen molar-refractivity contribution in [2.24, 2.45) is 11.8 Å². The Morgan fingerprint density at radius 2 is 1.77 bits per heavy atom. The Kier molecular flexibility index (Phi) is 13.6. The molecule has 2 aromatic carbocycles. The van der Waals surface area contributed by atoms with Crippen LogP contribution < -0.4 is 14.9 Å². The van der Waals surface area contributed by atoms with E-state index in [9.17, 15) is 27.2 Å². The average molecular weight is 858 g/mol. The monoisotopic (exact) mass is 857 g/mol. The zero-order valence-corrected chi connectivity index (χ0v) is 36.0. The fraction of sp³-hybridized carbons (Fsp3) is 0.455. The van der Waals surface area contributed by atoms with Crippen LogP contribution in [-0.2, 0) is 39.1 Å². The second-order valence-electron chi connectivity index (χ2n) is 16.2. The van der Waals surface area contributed by atoms with Crippen molar-refractivity contribution in [2.45, 2.75) is 98.1 Å². The van der Waals surface area contributed by atoms with Crippen LogP contribution in [0.3, 0.4) is 0 Å². The number of nitrogens with one attached hydrogen (secondary N) is 2. The molecule has 1 saturated carbocycles. The van der Waals surface area contributed by atoms with Crippen LogP contribution in [0, 0.1) is 24.6 Å². The van der Waals surface area contributed by atoms with Crippen molar-refractivity contribution in [1.82, 2.24) is 24.5 Å². The van der Waals surface area contributed by atoms with Crippen LogP contribution >= 0.6 is 11.3 Å². The van der Waals surface area contributed by atoms with E-state index in [2.05, 4.69) is 15.0 Å². The smallest absolute Gasteiger partial charge is 0.305 e. The van der Waals surface area contributed by atoms with Gasteiger partial charge >= 0.3 is 5.97 Å². The van der Waals surface area contributed by atoms with Crippen molar-refractivity contribution in [1.29, 1.82) is 0 Å². The van der Waals surface area contributed by atoms with Gasteiger partial charge in [0.25, 0.3) is 11.8 Å². The maximum Gasteiger partial charge on any atom is 0.305 e. The fourth-order valence-corrected chi connectivity index (χ4v) is 9.90. The van der Waals surface area contributed by atoms with E-state index in [1.807, 2.05) is 48.6 Å². The molecule has 2 aliphatic rings. The summed E-state index contributed by atoms with van der Waals surface area (Å²) in [6.45, 7) is 7.80. The zero-order valence-electron chi connectivity index (χ0n) is 34.3. The van der Waals surface area contributed by atoms with Crippen molar-refractivity contribution in [3.63, 3.8) is 0 Å². The molecule has 0 saturated heterocycles. The molecule has 13 nitrogen and oxygen atoms in total. The second kappa shape index (κ2) is 19.0. The molecule has 0 atom stereocenters. The highest BCUT2D eigenvalue weighted by Gasteiger charge is 2.28. The predicted molar refractivity (Wildman–Crippen MR) is 231 cm³/mol. The van der Waals surface area contributed by atoms with Gasteiger partial charge in [0, 0.05) is 48.4 Å². The van der Waals surface area contributed by atoms with E-state index < -0.39 is 21.7 Å². The number of benzene rings is 2. The molecule has 60 heavy (non-hydrogen) atoms. The number of rotatable bonds is 16. The van der Waals surface area contributed by atoms with E-state index in [0.717, 1.165) is 36.2 Å². The molecule has 0 bridgehead atoms. The van der Waals surface area contributed by atoms with Crippen LogP contribution in [0.2, 0.25) is 0 Å². The topological polar surface area (TPSA) is 165 Å². The van der Waals surface area contributed by atoms with Crippen molar-refractivity contribution in [3.05, 3.63) is 88.6 Å². The molecule has 3 aromatic heterocycles. The number of halogens is 1. The van der Waals surface area contributed by atoms with Crippen LogP contribution in [0.15, 0.2) is 54.7 Å². The van der Waals surface area contributed by atoms with Crippen molar-refractivity contribution in [2.75, 3.05) is 29.1 Å². The van der Waals surface area contributed by atoms with Crippen LogP contribution in [0.4, 0.5) is 15.3 Å². The fourth-order valence-electron chi connectivity index (χ4n) is 7.96. The average Bonchev–Trinajstić information content (AvgIpc) is 3.82. The number of pyridine rings is 1. The molecule has 0 spiro atoms. The Morgan fingerprint density at radius 3 is 2.55 bits per heavy atom. The van der Waals surface area contributed by atoms with E-state index in [-0.39, 0.29) is 52.7 Å². The van der Waals surface area contributed by atoms with E-state index in [4.69, 9.17) is 14.8 Å². The van der Waals surface area contributed by atoms with Gasteiger partial charge in [0.05, 0.1) is 23.3 Å². The van der Waals surface area contributed by atoms with Crippen LogP contribution in [0.1, 0.15) is 109 Å². The third-order valence-electron chi connectivity index (χ3n) is 11.2. The number of hydrogen-bond donors (Lipinski definition) is 2. The predicted octanol–water partition coefficient (Wildman–Crippen LogP) is 8.22. The van der Waals surface area contributed by atoms with Gasteiger partial charge in [0.15, 0.2) is 5.13 Å². The Labute approximate surface area is 354 Å². The van der Waals surface area contributed by atoms with Gasteiger partial charge in [0.1, 0.15) is 22.8 Å². The highest BCUT2D eigenvalue weighted by atomic mass is 32.2. The van der Waals surface area contributed by atoms with Gasteiger partial charge < -0.3 is 9.64 Å². The zero-order chi connectivity index (χ0) is 42.4. The third kappa shape index (κ3) is 10.4. The van der Waals surface area contributed by atoms with Gasteiger partial charge in [-0.25, -0.2) is 27.5 Å². The first kappa shape index (κ1) is 42.9. The number of hydrogen-bond acceptors (Lipinski definition) is 11. The highest BCUT2D eigenvalue weighted by Crippen LogP contribution is 2.34. The summed E-state index contributed by atoms with van der Waals surface area (Å²) >= 11 is 1.19. The molecule has 0 radical (unpaired) electrons. The molecule has 4 heterocycles. The Morgan fingerprint density at radius 1 is 0.967 bits per heavy atom. The lowest BCUT2D eigenvalue weighted by atomic mass is 9.89. The normalized spacial score (nSPS) is 14.7. The van der Waals surface area contributed by atoms with E-state index in [0.29, 0.717) is 72.1 Å². The van der Waals surface area contributed by atoms with E-state index in [1.54, 1.807) is 30.5 Å². The molecular formula is C44H52FN7O6S2. The number of unbranched alkanes of at least 4 members (excludes halogenated alkanes) is 2. The van der Waals surface area contributed by atoms with Gasteiger partial charge in [-0.15, -0.1) is 0 Å².